The van der Waals surface area contributed by atoms with E-state index in [0.29, 0.717) is 11.5 Å². The van der Waals surface area contributed by atoms with Crippen LogP contribution >= 0.6 is 11.3 Å². The lowest BCUT2D eigenvalue weighted by atomic mass is 10.1. The summed E-state index contributed by atoms with van der Waals surface area (Å²) >= 11 is 1.54. The van der Waals surface area contributed by atoms with Crippen LogP contribution in [0.15, 0.2) is 70.1 Å². The van der Waals surface area contributed by atoms with Crippen molar-refractivity contribution in [2.45, 2.75) is 0 Å². The molecule has 0 spiro atoms. The van der Waals surface area contributed by atoms with Crippen LogP contribution in [0.4, 0.5) is 0 Å². The van der Waals surface area contributed by atoms with Crippen LogP contribution in [0, 0.1) is 0 Å². The fourth-order valence-electron chi connectivity index (χ4n) is 3.40. The summed E-state index contributed by atoms with van der Waals surface area (Å²) in [5, 5.41) is 9.04. The van der Waals surface area contributed by atoms with E-state index in [0.717, 1.165) is 38.1 Å². The zero-order chi connectivity index (χ0) is 21.8. The third kappa shape index (κ3) is 4.04. The zero-order valence-electron chi connectivity index (χ0n) is 17.8. The van der Waals surface area contributed by atoms with Gasteiger partial charge in [0.2, 0.25) is 4.80 Å². The van der Waals surface area contributed by atoms with Crippen LogP contribution in [0.1, 0.15) is 5.56 Å². The minimum Gasteiger partial charge on any atom is -0.497 e. The van der Waals surface area contributed by atoms with Crippen LogP contribution in [-0.4, -0.2) is 39.3 Å². The summed E-state index contributed by atoms with van der Waals surface area (Å²) in [6.45, 7) is 0. The van der Waals surface area contributed by atoms with E-state index in [2.05, 4.69) is 34.6 Å². The summed E-state index contributed by atoms with van der Waals surface area (Å²) in [5.41, 5.74) is 2.83. The average Bonchev–Trinajstić information content (AvgIpc) is 3.24. The van der Waals surface area contributed by atoms with E-state index in [1.54, 1.807) is 45.9 Å². The Morgan fingerprint density at radius 2 is 1.71 bits per heavy atom. The first-order chi connectivity index (χ1) is 15.2. The normalized spacial score (nSPS) is 11.9. The molecule has 1 aromatic heterocycles. The molecule has 7 heteroatoms. The van der Waals surface area contributed by atoms with Crippen molar-refractivity contribution in [1.82, 2.24) is 4.68 Å². The minimum absolute atomic E-state index is 0.640. The number of aromatic nitrogens is 1. The first-order valence-corrected chi connectivity index (χ1v) is 10.5. The molecule has 0 aliphatic carbocycles. The topological polar surface area (TPSA) is 57.3 Å². The fraction of sp³-hybridized carbons (Fsp3) is 0.167. The average molecular weight is 434 g/mol. The van der Waals surface area contributed by atoms with Crippen molar-refractivity contribution >= 4 is 28.3 Å². The highest BCUT2D eigenvalue weighted by Gasteiger charge is 2.11. The highest BCUT2D eigenvalue weighted by atomic mass is 32.1. The molecule has 31 heavy (non-hydrogen) atoms. The first kappa shape index (κ1) is 20.7. The molecule has 0 aliphatic rings. The van der Waals surface area contributed by atoms with E-state index in [4.69, 9.17) is 19.3 Å². The van der Waals surface area contributed by atoms with Crippen molar-refractivity contribution in [1.29, 1.82) is 0 Å². The predicted octanol–water partition coefficient (Wildman–Crippen LogP) is 4.81. The number of hydrogen-bond donors (Lipinski definition) is 0. The SMILES string of the molecule is CN=c1scc(-c2ccc3cc(OC)ccc3c2)n1N=Cc1cccc(OC)c1OC. The van der Waals surface area contributed by atoms with Crippen molar-refractivity contribution in [3.63, 3.8) is 0 Å². The predicted molar refractivity (Wildman–Crippen MR) is 126 cm³/mol. The maximum atomic E-state index is 5.52. The number of methoxy groups -OCH3 is 3. The summed E-state index contributed by atoms with van der Waals surface area (Å²) in [7, 11) is 6.68. The molecular weight excluding hydrogens is 410 g/mol. The standard InChI is InChI=1S/C24H23N3O3S/c1-25-24-27(26-14-19-6-5-7-22(29-3)23(19)30-4)21(15-31-24)18-9-8-17-13-20(28-2)11-10-16(17)12-18/h5-15H,1-4H3. The van der Waals surface area contributed by atoms with Crippen LogP contribution in [0.3, 0.4) is 0 Å². The highest BCUT2D eigenvalue weighted by molar-refractivity contribution is 7.07. The van der Waals surface area contributed by atoms with Gasteiger partial charge in [-0.2, -0.15) is 5.10 Å². The van der Waals surface area contributed by atoms with E-state index < -0.39 is 0 Å². The van der Waals surface area contributed by atoms with Gasteiger partial charge in [-0.15, -0.1) is 11.3 Å². The van der Waals surface area contributed by atoms with Crippen molar-refractivity contribution in [3.8, 4) is 28.5 Å². The van der Waals surface area contributed by atoms with Gasteiger partial charge < -0.3 is 14.2 Å². The zero-order valence-corrected chi connectivity index (χ0v) is 18.6. The molecule has 0 saturated carbocycles. The van der Waals surface area contributed by atoms with Gasteiger partial charge in [-0.25, -0.2) is 4.68 Å². The van der Waals surface area contributed by atoms with Crippen LogP contribution in [-0.2, 0) is 0 Å². The van der Waals surface area contributed by atoms with Crippen molar-refractivity contribution in [2.24, 2.45) is 10.1 Å². The lowest BCUT2D eigenvalue weighted by Gasteiger charge is -2.10. The Bertz CT molecular complexity index is 1320. The van der Waals surface area contributed by atoms with Gasteiger partial charge in [-0.05, 0) is 41.1 Å². The Kier molecular flexibility index (Phi) is 6.04. The summed E-state index contributed by atoms with van der Waals surface area (Å²) in [5.74, 6) is 2.14. The van der Waals surface area contributed by atoms with Crippen molar-refractivity contribution in [3.05, 3.63) is 70.3 Å². The fourth-order valence-corrected chi connectivity index (χ4v) is 4.21. The number of thiazole rings is 1. The van der Waals surface area contributed by atoms with Gasteiger partial charge in [-0.3, -0.25) is 4.99 Å². The monoisotopic (exact) mass is 433 g/mol. The molecular formula is C24H23N3O3S. The van der Waals surface area contributed by atoms with Gasteiger partial charge in [-0.1, -0.05) is 24.3 Å². The second kappa shape index (κ2) is 9.06. The van der Waals surface area contributed by atoms with Crippen molar-refractivity contribution < 1.29 is 14.2 Å². The molecule has 0 fully saturated rings. The second-order valence-electron chi connectivity index (χ2n) is 6.69. The lowest BCUT2D eigenvalue weighted by molar-refractivity contribution is 0.354. The maximum Gasteiger partial charge on any atom is 0.205 e. The molecule has 6 nitrogen and oxygen atoms in total. The Hall–Kier alpha value is -3.58. The van der Waals surface area contributed by atoms with Gasteiger partial charge in [0.25, 0.3) is 0 Å². The Morgan fingerprint density at radius 1 is 0.903 bits per heavy atom. The third-order valence-corrected chi connectivity index (χ3v) is 5.87. The number of para-hydroxylation sites is 1. The largest absolute Gasteiger partial charge is 0.497 e. The summed E-state index contributed by atoms with van der Waals surface area (Å²) in [4.78, 5) is 5.18. The van der Waals surface area contributed by atoms with Crippen molar-refractivity contribution in [2.75, 3.05) is 28.4 Å². The van der Waals surface area contributed by atoms with Gasteiger partial charge in [0.15, 0.2) is 11.5 Å². The molecule has 4 aromatic rings. The molecule has 1 heterocycles. The quantitative estimate of drug-likeness (QED) is 0.410. The number of ether oxygens (including phenoxy) is 3. The van der Waals surface area contributed by atoms with Gasteiger partial charge in [0.1, 0.15) is 5.75 Å². The number of benzene rings is 3. The molecule has 3 aromatic carbocycles. The Balaban J connectivity index is 1.79. The number of nitrogens with zero attached hydrogens (tertiary/aromatic N) is 3. The third-order valence-electron chi connectivity index (χ3n) is 4.97. The number of rotatable bonds is 6. The molecule has 0 N–H and O–H groups in total. The molecule has 0 amide bonds. The molecule has 0 aliphatic heterocycles. The molecule has 0 unspecified atom stereocenters. The summed E-state index contributed by atoms with van der Waals surface area (Å²) in [6, 6.07) is 18.1. The van der Waals surface area contributed by atoms with E-state index in [-0.39, 0.29) is 0 Å². The summed E-state index contributed by atoms with van der Waals surface area (Å²) < 4.78 is 18.1. The van der Waals surface area contributed by atoms with Crippen LogP contribution in [0.5, 0.6) is 17.2 Å². The number of fused-ring (bicyclic) bond motifs is 1. The minimum atomic E-state index is 0.640. The van der Waals surface area contributed by atoms with Crippen LogP contribution in [0.2, 0.25) is 0 Å². The Morgan fingerprint density at radius 3 is 2.45 bits per heavy atom. The molecule has 0 radical (unpaired) electrons. The van der Waals surface area contributed by atoms with E-state index >= 15 is 0 Å². The molecule has 0 atom stereocenters. The molecule has 4 rings (SSSR count). The van der Waals surface area contributed by atoms with Gasteiger partial charge in [0.05, 0.1) is 33.2 Å². The molecule has 0 saturated heterocycles. The van der Waals surface area contributed by atoms with Gasteiger partial charge in [0, 0.05) is 23.6 Å². The van der Waals surface area contributed by atoms with E-state index in [1.165, 1.54) is 0 Å². The van der Waals surface area contributed by atoms with E-state index in [1.807, 2.05) is 35.0 Å². The maximum absolute atomic E-state index is 5.52. The molecule has 0 bridgehead atoms. The smallest absolute Gasteiger partial charge is 0.205 e. The second-order valence-corrected chi connectivity index (χ2v) is 7.53. The van der Waals surface area contributed by atoms with Gasteiger partial charge >= 0.3 is 0 Å². The van der Waals surface area contributed by atoms with Crippen LogP contribution in [0.25, 0.3) is 22.0 Å². The Labute approximate surface area is 184 Å². The number of hydrogen-bond acceptors (Lipinski definition) is 6. The lowest BCUT2D eigenvalue weighted by Crippen LogP contribution is -2.11. The van der Waals surface area contributed by atoms with E-state index in [9.17, 15) is 0 Å². The molecule has 158 valence electrons. The highest BCUT2D eigenvalue weighted by Crippen LogP contribution is 2.30. The van der Waals surface area contributed by atoms with Crippen LogP contribution < -0.4 is 19.0 Å². The first-order valence-electron chi connectivity index (χ1n) is 9.65. The summed E-state index contributed by atoms with van der Waals surface area (Å²) in [6.07, 6.45) is 1.76.